The molecule has 3 rings (SSSR count). The van der Waals surface area contributed by atoms with Crippen LogP contribution in [0.1, 0.15) is 46.5 Å². The van der Waals surface area contributed by atoms with Gasteiger partial charge in [0.15, 0.2) is 9.84 Å². The molecular formula is C22H36N2O3S. The van der Waals surface area contributed by atoms with Crippen LogP contribution in [-0.2, 0) is 9.84 Å². The van der Waals surface area contributed by atoms with Crippen molar-refractivity contribution in [2.45, 2.75) is 57.0 Å². The number of sulfone groups is 1. The summed E-state index contributed by atoms with van der Waals surface area (Å²) < 4.78 is 24.3. The van der Waals surface area contributed by atoms with E-state index in [1.807, 2.05) is 12.1 Å². The molecule has 0 spiro atoms. The lowest BCUT2D eigenvalue weighted by atomic mass is 9.85. The lowest BCUT2D eigenvalue weighted by Gasteiger charge is -2.43. The third kappa shape index (κ3) is 5.08. The summed E-state index contributed by atoms with van der Waals surface area (Å²) in [7, 11) is -3.19. The fourth-order valence-corrected chi connectivity index (χ4v) is 5.49. The zero-order valence-electron chi connectivity index (χ0n) is 17.6. The van der Waals surface area contributed by atoms with Gasteiger partial charge in [-0.05, 0) is 68.8 Å². The number of rotatable bonds is 6. The van der Waals surface area contributed by atoms with Crippen LogP contribution in [0.3, 0.4) is 0 Å². The van der Waals surface area contributed by atoms with Crippen molar-refractivity contribution in [3.8, 4) is 0 Å². The molecule has 0 atom stereocenters. The predicted octanol–water partition coefficient (Wildman–Crippen LogP) is 3.18. The number of β-amino-alcohol motifs (C(OH)–C–C–N with tert-alkyl or cyclic N) is 1. The molecule has 2 heterocycles. The van der Waals surface area contributed by atoms with Crippen LogP contribution in [0.5, 0.6) is 0 Å². The molecule has 28 heavy (non-hydrogen) atoms. The first-order valence-corrected chi connectivity index (χ1v) is 12.4. The summed E-state index contributed by atoms with van der Waals surface area (Å²) in [4.78, 5) is 5.03. The highest BCUT2D eigenvalue weighted by molar-refractivity contribution is 7.91. The minimum absolute atomic E-state index is 0.115. The quantitative estimate of drug-likeness (QED) is 0.783. The summed E-state index contributed by atoms with van der Waals surface area (Å²) in [5, 5.41) is 11.1. The van der Waals surface area contributed by atoms with Crippen molar-refractivity contribution in [3.63, 3.8) is 0 Å². The highest BCUT2D eigenvalue weighted by Gasteiger charge is 2.35. The van der Waals surface area contributed by atoms with E-state index in [9.17, 15) is 13.5 Å². The van der Waals surface area contributed by atoms with Gasteiger partial charge in [-0.3, -0.25) is 0 Å². The molecule has 2 fully saturated rings. The summed E-state index contributed by atoms with van der Waals surface area (Å²) in [6.07, 6.45) is 3.92. The van der Waals surface area contributed by atoms with Crippen molar-refractivity contribution in [3.05, 3.63) is 24.3 Å². The standard InChI is InChI=1S/C22H36N2O3S/c1-4-28(26,27)21-7-5-6-20(16-21)24-14-10-22(25,11-15-24)17-23-12-8-19(9-13-23)18(2)3/h5-7,16,18-19,25H,4,8-15,17H2,1-3H3. The molecule has 5 nitrogen and oxygen atoms in total. The van der Waals surface area contributed by atoms with E-state index in [2.05, 4.69) is 23.6 Å². The maximum atomic E-state index is 12.2. The van der Waals surface area contributed by atoms with Crippen molar-refractivity contribution in [2.75, 3.05) is 43.4 Å². The van der Waals surface area contributed by atoms with Crippen molar-refractivity contribution in [2.24, 2.45) is 11.8 Å². The van der Waals surface area contributed by atoms with Crippen LogP contribution in [0.4, 0.5) is 5.69 Å². The summed E-state index contributed by atoms with van der Waals surface area (Å²) in [5.41, 5.74) is 0.309. The van der Waals surface area contributed by atoms with Gasteiger partial charge in [0.25, 0.3) is 0 Å². The number of hydrogen-bond acceptors (Lipinski definition) is 5. The smallest absolute Gasteiger partial charge is 0.178 e. The fourth-order valence-electron chi connectivity index (χ4n) is 4.57. The van der Waals surface area contributed by atoms with Gasteiger partial charge in [0.1, 0.15) is 0 Å². The minimum atomic E-state index is -3.19. The van der Waals surface area contributed by atoms with E-state index in [1.54, 1.807) is 19.1 Å². The average Bonchev–Trinajstić information content (AvgIpc) is 2.69. The van der Waals surface area contributed by atoms with E-state index in [-0.39, 0.29) is 5.75 Å². The molecular weight excluding hydrogens is 372 g/mol. The summed E-state index contributed by atoms with van der Waals surface area (Å²) in [6.45, 7) is 10.7. The van der Waals surface area contributed by atoms with Crippen molar-refractivity contribution < 1.29 is 13.5 Å². The van der Waals surface area contributed by atoms with Crippen molar-refractivity contribution in [1.82, 2.24) is 4.90 Å². The van der Waals surface area contributed by atoms with Gasteiger partial charge in [-0.25, -0.2) is 8.42 Å². The molecule has 0 amide bonds. The van der Waals surface area contributed by atoms with Crippen LogP contribution in [0.2, 0.25) is 0 Å². The van der Waals surface area contributed by atoms with Gasteiger partial charge in [0.05, 0.1) is 16.2 Å². The molecule has 0 saturated carbocycles. The Morgan fingerprint density at radius 1 is 1.14 bits per heavy atom. The second kappa shape index (κ2) is 8.72. The number of piperidine rings is 2. The molecule has 2 saturated heterocycles. The first kappa shape index (κ1) is 21.6. The van der Waals surface area contributed by atoms with E-state index >= 15 is 0 Å². The molecule has 1 aromatic rings. The number of benzene rings is 1. The lowest BCUT2D eigenvalue weighted by molar-refractivity contribution is -0.0249. The number of likely N-dealkylation sites (tertiary alicyclic amines) is 1. The second-order valence-electron chi connectivity index (χ2n) is 8.97. The molecule has 0 aromatic heterocycles. The van der Waals surface area contributed by atoms with Gasteiger partial charge in [-0.15, -0.1) is 0 Å². The molecule has 1 aromatic carbocycles. The van der Waals surface area contributed by atoms with E-state index in [0.29, 0.717) is 4.90 Å². The summed E-state index contributed by atoms with van der Waals surface area (Å²) in [6, 6.07) is 7.23. The summed E-state index contributed by atoms with van der Waals surface area (Å²) >= 11 is 0. The molecule has 2 aliphatic rings. The number of nitrogens with zero attached hydrogens (tertiary/aromatic N) is 2. The monoisotopic (exact) mass is 408 g/mol. The van der Waals surface area contributed by atoms with E-state index in [4.69, 9.17) is 0 Å². The van der Waals surface area contributed by atoms with Crippen LogP contribution in [-0.4, -0.2) is 62.5 Å². The Labute approximate surface area is 170 Å². The molecule has 2 aliphatic heterocycles. The Morgan fingerprint density at radius 3 is 2.36 bits per heavy atom. The van der Waals surface area contributed by atoms with E-state index in [0.717, 1.165) is 63.1 Å². The Bertz CT molecular complexity index is 747. The van der Waals surface area contributed by atoms with Gasteiger partial charge >= 0.3 is 0 Å². The second-order valence-corrected chi connectivity index (χ2v) is 11.2. The third-order valence-corrected chi connectivity index (χ3v) is 8.44. The molecule has 158 valence electrons. The number of hydrogen-bond donors (Lipinski definition) is 1. The first-order valence-electron chi connectivity index (χ1n) is 10.7. The van der Waals surface area contributed by atoms with Gasteiger partial charge in [0, 0.05) is 25.3 Å². The topological polar surface area (TPSA) is 60.9 Å². The number of aliphatic hydroxyl groups is 1. The van der Waals surface area contributed by atoms with Crippen LogP contribution in [0, 0.1) is 11.8 Å². The third-order valence-electron chi connectivity index (χ3n) is 6.71. The van der Waals surface area contributed by atoms with Crippen LogP contribution in [0.15, 0.2) is 29.2 Å². The largest absolute Gasteiger partial charge is 0.388 e. The SMILES string of the molecule is CCS(=O)(=O)c1cccc(N2CCC(O)(CN3CCC(C(C)C)CC3)CC2)c1. The molecule has 0 unspecified atom stereocenters. The normalized spacial score (nSPS) is 22.0. The highest BCUT2D eigenvalue weighted by atomic mass is 32.2. The van der Waals surface area contributed by atoms with E-state index in [1.165, 1.54) is 12.8 Å². The average molecular weight is 409 g/mol. The Kier molecular flexibility index (Phi) is 6.72. The van der Waals surface area contributed by atoms with Crippen molar-refractivity contribution in [1.29, 1.82) is 0 Å². The maximum Gasteiger partial charge on any atom is 0.178 e. The van der Waals surface area contributed by atoms with Gasteiger partial charge in [-0.2, -0.15) is 0 Å². The molecule has 0 bridgehead atoms. The Morgan fingerprint density at radius 2 is 1.79 bits per heavy atom. The first-order chi connectivity index (χ1) is 13.2. The van der Waals surface area contributed by atoms with Gasteiger partial charge < -0.3 is 14.9 Å². The Hall–Kier alpha value is -1.11. The van der Waals surface area contributed by atoms with Crippen LogP contribution < -0.4 is 4.90 Å². The fraction of sp³-hybridized carbons (Fsp3) is 0.727. The lowest BCUT2D eigenvalue weighted by Crippen LogP contribution is -2.52. The van der Waals surface area contributed by atoms with Gasteiger partial charge in [0.2, 0.25) is 0 Å². The zero-order valence-corrected chi connectivity index (χ0v) is 18.4. The molecule has 1 N–H and O–H groups in total. The van der Waals surface area contributed by atoms with E-state index < -0.39 is 15.4 Å². The predicted molar refractivity (Wildman–Crippen MR) is 115 cm³/mol. The Balaban J connectivity index is 1.56. The number of anilines is 1. The zero-order chi connectivity index (χ0) is 20.4. The minimum Gasteiger partial charge on any atom is -0.388 e. The summed E-state index contributed by atoms with van der Waals surface area (Å²) in [5.74, 6) is 1.68. The maximum absolute atomic E-state index is 12.2. The van der Waals surface area contributed by atoms with Crippen molar-refractivity contribution >= 4 is 15.5 Å². The molecule has 6 heteroatoms. The van der Waals surface area contributed by atoms with Crippen LogP contribution in [0.25, 0.3) is 0 Å². The molecule has 0 radical (unpaired) electrons. The van der Waals surface area contributed by atoms with Gasteiger partial charge in [-0.1, -0.05) is 26.8 Å². The highest BCUT2D eigenvalue weighted by Crippen LogP contribution is 2.31. The van der Waals surface area contributed by atoms with Crippen LogP contribution >= 0.6 is 0 Å². The molecule has 0 aliphatic carbocycles.